The molecule has 3 aromatic rings. The van der Waals surface area contributed by atoms with Crippen molar-refractivity contribution < 1.29 is 0 Å². The summed E-state index contributed by atoms with van der Waals surface area (Å²) in [6.45, 7) is 2.46. The van der Waals surface area contributed by atoms with Crippen LogP contribution < -0.4 is 0 Å². The van der Waals surface area contributed by atoms with Gasteiger partial charge in [0.2, 0.25) is 0 Å². The normalized spacial score (nSPS) is 31.1. The molecule has 2 heterocycles. The molecule has 1 aliphatic heterocycles. The van der Waals surface area contributed by atoms with Gasteiger partial charge in [0.1, 0.15) is 0 Å². The fourth-order valence-corrected chi connectivity index (χ4v) is 10.9. The van der Waals surface area contributed by atoms with Gasteiger partial charge in [-0.15, -0.1) is 0 Å². The highest BCUT2D eigenvalue weighted by atomic mass is 15.2. The van der Waals surface area contributed by atoms with Crippen LogP contribution in [0.25, 0.3) is 28.2 Å². The van der Waals surface area contributed by atoms with Crippen molar-refractivity contribution in [1.29, 1.82) is 0 Å². The Balaban J connectivity index is 1.05. The highest BCUT2D eigenvalue weighted by molar-refractivity contribution is 5.96. The van der Waals surface area contributed by atoms with Crippen LogP contribution in [0.4, 0.5) is 0 Å². The molecular weight excluding hydrogens is 617 g/mol. The van der Waals surface area contributed by atoms with Gasteiger partial charge < -0.3 is 9.47 Å². The van der Waals surface area contributed by atoms with Gasteiger partial charge in [-0.2, -0.15) is 0 Å². The van der Waals surface area contributed by atoms with Crippen LogP contribution in [0.3, 0.4) is 0 Å². The van der Waals surface area contributed by atoms with Crippen LogP contribution in [0.1, 0.15) is 88.0 Å². The predicted molar refractivity (Wildman–Crippen MR) is 214 cm³/mol. The van der Waals surface area contributed by atoms with Crippen LogP contribution in [0.15, 0.2) is 132 Å². The minimum atomic E-state index is 0.351. The summed E-state index contributed by atoms with van der Waals surface area (Å²) in [7, 11) is 0. The molecule has 2 fully saturated rings. The van der Waals surface area contributed by atoms with Gasteiger partial charge in [-0.25, -0.2) is 0 Å². The van der Waals surface area contributed by atoms with E-state index in [1.54, 1.807) is 16.8 Å². The smallest absolute Gasteiger partial charge is 0.0554 e. The van der Waals surface area contributed by atoms with E-state index in [2.05, 4.69) is 138 Å². The van der Waals surface area contributed by atoms with Crippen LogP contribution in [0.5, 0.6) is 0 Å². The van der Waals surface area contributed by atoms with Crippen molar-refractivity contribution in [2.24, 2.45) is 29.6 Å². The van der Waals surface area contributed by atoms with E-state index < -0.39 is 0 Å². The first-order valence-corrected chi connectivity index (χ1v) is 20.2. The molecule has 1 aromatic heterocycles. The van der Waals surface area contributed by atoms with Crippen molar-refractivity contribution in [3.8, 4) is 5.69 Å². The average molecular weight is 669 g/mol. The Hall–Kier alpha value is -4.30. The fourth-order valence-electron chi connectivity index (χ4n) is 10.9. The number of para-hydroxylation sites is 1. The van der Waals surface area contributed by atoms with Crippen LogP contribution >= 0.6 is 0 Å². The SMILES string of the molecule is CC1CCC(C2C=C(C3=CCCCC3)C=C(N3C4C=CC=CC4C4C=CC(c5ccc6c(c5)c5c(n6-c6ccccc6)CCC=C5)=CC43)C2)CC1. The van der Waals surface area contributed by atoms with Gasteiger partial charge in [0.25, 0.3) is 0 Å². The molecule has 0 amide bonds. The number of nitrogens with zero attached hydrogens (tertiary/aromatic N) is 2. The molecule has 0 bridgehead atoms. The lowest BCUT2D eigenvalue weighted by molar-refractivity contribution is 0.215. The minimum absolute atomic E-state index is 0.351. The summed E-state index contributed by atoms with van der Waals surface area (Å²) in [6.07, 6.45) is 44.1. The maximum absolute atomic E-state index is 2.89. The van der Waals surface area contributed by atoms with Gasteiger partial charge in [-0.05, 0) is 128 Å². The van der Waals surface area contributed by atoms with Crippen LogP contribution in [0, 0.1) is 29.6 Å². The number of likely N-dealkylation sites (tertiary alicyclic amines) is 1. The highest BCUT2D eigenvalue weighted by Crippen LogP contribution is 2.50. The molecule has 1 saturated heterocycles. The quantitative estimate of drug-likeness (QED) is 0.263. The fraction of sp³-hybridized carbons (Fsp3) is 0.388. The largest absolute Gasteiger partial charge is 0.361 e. The average Bonchev–Trinajstić information content (AvgIpc) is 3.71. The molecule has 51 heavy (non-hydrogen) atoms. The Labute approximate surface area is 305 Å². The molecule has 2 aromatic carbocycles. The summed E-state index contributed by atoms with van der Waals surface area (Å²) in [5.74, 6) is 3.34. The van der Waals surface area contributed by atoms with E-state index in [1.807, 2.05) is 0 Å². The molecule has 0 N–H and O–H groups in total. The first-order valence-electron chi connectivity index (χ1n) is 20.2. The van der Waals surface area contributed by atoms with E-state index >= 15 is 0 Å². The van der Waals surface area contributed by atoms with Crippen molar-refractivity contribution >= 4 is 22.6 Å². The predicted octanol–water partition coefficient (Wildman–Crippen LogP) is 12.1. The standard InChI is InChI=1S/C49H52N2/c1-33-20-22-35(23-21-33)39-28-38(34-12-4-2-5-13-34)29-41(30-39)51-46-18-10-8-16-42(46)44-26-24-37(32-49(44)51)36-25-27-48-45(31-36)43-17-9-11-19-47(43)50(48)40-14-6-3-7-15-40/h3,6-10,12,14-18,24-29,31-33,35,39,42,44,46,49H,2,4-5,11,13,19-23,30H2,1H3. The molecule has 6 aliphatic carbocycles. The van der Waals surface area contributed by atoms with E-state index in [4.69, 9.17) is 0 Å². The van der Waals surface area contributed by atoms with E-state index in [1.165, 1.54) is 96.8 Å². The minimum Gasteiger partial charge on any atom is -0.361 e. The summed E-state index contributed by atoms with van der Waals surface area (Å²) in [5, 5.41) is 1.37. The second-order valence-corrected chi connectivity index (χ2v) is 16.6. The summed E-state index contributed by atoms with van der Waals surface area (Å²) >= 11 is 0. The van der Waals surface area contributed by atoms with E-state index in [0.29, 0.717) is 29.8 Å². The lowest BCUT2D eigenvalue weighted by Gasteiger charge is -2.40. The third-order valence-corrected chi connectivity index (χ3v) is 13.6. The second kappa shape index (κ2) is 13.0. The Kier molecular flexibility index (Phi) is 8.03. The Morgan fingerprint density at radius 1 is 0.745 bits per heavy atom. The van der Waals surface area contributed by atoms with Crippen LogP contribution in [-0.2, 0) is 6.42 Å². The van der Waals surface area contributed by atoms with Crippen molar-refractivity contribution in [3.63, 3.8) is 0 Å². The third kappa shape index (κ3) is 5.52. The molecule has 5 unspecified atom stereocenters. The zero-order chi connectivity index (χ0) is 33.9. The van der Waals surface area contributed by atoms with E-state index in [-0.39, 0.29) is 0 Å². The Morgan fingerprint density at radius 2 is 1.61 bits per heavy atom. The molecule has 1 saturated carbocycles. The molecular formula is C49H52N2. The van der Waals surface area contributed by atoms with Crippen molar-refractivity contribution in [2.75, 3.05) is 0 Å². The van der Waals surface area contributed by atoms with E-state index in [0.717, 1.165) is 24.7 Å². The number of rotatable bonds is 5. The second-order valence-electron chi connectivity index (χ2n) is 16.6. The topological polar surface area (TPSA) is 8.17 Å². The van der Waals surface area contributed by atoms with Gasteiger partial charge in [0, 0.05) is 39.9 Å². The van der Waals surface area contributed by atoms with Gasteiger partial charge in [-0.1, -0.05) is 111 Å². The monoisotopic (exact) mass is 668 g/mol. The van der Waals surface area contributed by atoms with Gasteiger partial charge in [-0.3, -0.25) is 0 Å². The first-order chi connectivity index (χ1) is 25.2. The molecule has 258 valence electrons. The lowest BCUT2D eigenvalue weighted by Crippen LogP contribution is -2.38. The summed E-state index contributed by atoms with van der Waals surface area (Å²) in [4.78, 5) is 2.89. The maximum Gasteiger partial charge on any atom is 0.0554 e. The molecule has 0 spiro atoms. The third-order valence-electron chi connectivity index (χ3n) is 13.6. The molecule has 2 nitrogen and oxygen atoms in total. The summed E-state index contributed by atoms with van der Waals surface area (Å²) < 4.78 is 2.51. The van der Waals surface area contributed by atoms with Gasteiger partial charge in [0.15, 0.2) is 0 Å². The number of hydrogen-bond acceptors (Lipinski definition) is 1. The molecule has 5 atom stereocenters. The number of fused-ring (bicyclic) bond motifs is 6. The van der Waals surface area contributed by atoms with E-state index in [9.17, 15) is 0 Å². The summed E-state index contributed by atoms with van der Waals surface area (Å²) in [6, 6.07) is 19.0. The molecule has 10 rings (SSSR count). The molecule has 7 aliphatic rings. The van der Waals surface area contributed by atoms with Crippen LogP contribution in [-0.4, -0.2) is 21.6 Å². The van der Waals surface area contributed by atoms with Crippen molar-refractivity contribution in [1.82, 2.24) is 9.47 Å². The number of hydrogen-bond donors (Lipinski definition) is 0. The number of aromatic nitrogens is 1. The first kappa shape index (κ1) is 31.4. The van der Waals surface area contributed by atoms with Gasteiger partial charge >= 0.3 is 0 Å². The molecule has 2 heteroatoms. The van der Waals surface area contributed by atoms with Gasteiger partial charge in [0.05, 0.1) is 17.6 Å². The maximum atomic E-state index is 2.89. The lowest BCUT2D eigenvalue weighted by atomic mass is 9.72. The van der Waals surface area contributed by atoms with Crippen LogP contribution in [0.2, 0.25) is 0 Å². The Morgan fingerprint density at radius 3 is 2.47 bits per heavy atom. The number of allylic oxidation sites excluding steroid dienone is 11. The van der Waals surface area contributed by atoms with Crippen molar-refractivity contribution in [2.45, 2.75) is 89.6 Å². The Bertz CT molecular complexity index is 2080. The van der Waals surface area contributed by atoms with Crippen molar-refractivity contribution in [3.05, 3.63) is 149 Å². The highest BCUT2D eigenvalue weighted by Gasteiger charge is 2.47. The zero-order valence-corrected chi connectivity index (χ0v) is 30.3. The molecule has 0 radical (unpaired) electrons. The summed E-state index contributed by atoms with van der Waals surface area (Å²) in [5.41, 5.74) is 12.9. The number of benzene rings is 2. The zero-order valence-electron chi connectivity index (χ0n) is 30.3.